The van der Waals surface area contributed by atoms with Crippen molar-refractivity contribution in [2.24, 2.45) is 0 Å². The summed E-state index contributed by atoms with van der Waals surface area (Å²) < 4.78 is 31.0. The minimum absolute atomic E-state index is 0.0985. The number of ether oxygens (including phenoxy) is 1. The monoisotopic (exact) mass is 230 g/mol. The van der Waals surface area contributed by atoms with E-state index in [9.17, 15) is 13.6 Å². The number of hydrogen-bond donors (Lipinski definition) is 1. The summed E-state index contributed by atoms with van der Waals surface area (Å²) in [5.41, 5.74) is -1.25. The SMILES string of the molecule is COc1c(C(C)(C)C(=O)O)ccc(F)c1F. The number of halogens is 2. The van der Waals surface area contributed by atoms with Gasteiger partial charge < -0.3 is 9.84 Å². The zero-order valence-corrected chi connectivity index (χ0v) is 9.17. The maximum atomic E-state index is 13.4. The average Bonchev–Trinajstić information content (AvgIpc) is 2.21. The lowest BCUT2D eigenvalue weighted by molar-refractivity contribution is -0.142. The van der Waals surface area contributed by atoms with Crippen LogP contribution in [-0.4, -0.2) is 18.2 Å². The van der Waals surface area contributed by atoms with E-state index in [2.05, 4.69) is 0 Å². The van der Waals surface area contributed by atoms with Crippen LogP contribution in [0.1, 0.15) is 19.4 Å². The summed E-state index contributed by atoms with van der Waals surface area (Å²) in [6.07, 6.45) is 0. The van der Waals surface area contributed by atoms with Gasteiger partial charge in [0.25, 0.3) is 0 Å². The number of hydrogen-bond acceptors (Lipinski definition) is 2. The predicted octanol–water partition coefficient (Wildman–Crippen LogP) is 2.34. The summed E-state index contributed by atoms with van der Waals surface area (Å²) in [7, 11) is 1.17. The fraction of sp³-hybridized carbons (Fsp3) is 0.364. The molecule has 0 fully saturated rings. The minimum Gasteiger partial charge on any atom is -0.493 e. The predicted molar refractivity (Wildman–Crippen MR) is 53.6 cm³/mol. The summed E-state index contributed by atoms with van der Waals surface area (Å²) in [6, 6.07) is 2.10. The molecule has 1 N–H and O–H groups in total. The van der Waals surface area contributed by atoms with Crippen LogP contribution in [0.25, 0.3) is 0 Å². The van der Waals surface area contributed by atoms with E-state index < -0.39 is 23.0 Å². The fourth-order valence-electron chi connectivity index (χ4n) is 1.34. The van der Waals surface area contributed by atoms with Gasteiger partial charge in [-0.1, -0.05) is 6.07 Å². The average molecular weight is 230 g/mol. The Hall–Kier alpha value is -1.65. The normalized spacial score (nSPS) is 11.3. The molecule has 3 nitrogen and oxygen atoms in total. The van der Waals surface area contributed by atoms with E-state index in [1.807, 2.05) is 0 Å². The van der Waals surface area contributed by atoms with E-state index in [0.717, 1.165) is 6.07 Å². The molecule has 5 heteroatoms. The van der Waals surface area contributed by atoms with Crippen LogP contribution in [0.2, 0.25) is 0 Å². The highest BCUT2D eigenvalue weighted by molar-refractivity contribution is 5.81. The molecule has 0 atom stereocenters. The molecule has 0 aliphatic heterocycles. The third kappa shape index (κ3) is 1.85. The molecule has 16 heavy (non-hydrogen) atoms. The zero-order valence-electron chi connectivity index (χ0n) is 9.17. The van der Waals surface area contributed by atoms with Gasteiger partial charge in [-0.2, -0.15) is 4.39 Å². The van der Waals surface area contributed by atoms with E-state index in [1.165, 1.54) is 27.0 Å². The minimum atomic E-state index is -1.35. The summed E-state index contributed by atoms with van der Waals surface area (Å²) in [5.74, 6) is -3.75. The largest absolute Gasteiger partial charge is 0.493 e. The molecule has 0 unspecified atom stereocenters. The molecule has 1 aromatic carbocycles. The van der Waals surface area contributed by atoms with Gasteiger partial charge in [0.15, 0.2) is 11.6 Å². The van der Waals surface area contributed by atoms with Crippen LogP contribution in [0.3, 0.4) is 0 Å². The summed E-state index contributed by atoms with van der Waals surface area (Å²) in [5, 5.41) is 9.00. The van der Waals surface area contributed by atoms with Crippen molar-refractivity contribution in [3.8, 4) is 5.75 Å². The topological polar surface area (TPSA) is 46.5 Å². The first-order valence-corrected chi connectivity index (χ1v) is 4.58. The van der Waals surface area contributed by atoms with E-state index in [0.29, 0.717) is 0 Å². The lowest BCUT2D eigenvalue weighted by Gasteiger charge is -2.22. The van der Waals surface area contributed by atoms with Gasteiger partial charge in [0.2, 0.25) is 5.82 Å². The van der Waals surface area contributed by atoms with Crippen molar-refractivity contribution in [3.63, 3.8) is 0 Å². The van der Waals surface area contributed by atoms with E-state index in [-0.39, 0.29) is 11.3 Å². The highest BCUT2D eigenvalue weighted by Gasteiger charge is 2.34. The van der Waals surface area contributed by atoms with E-state index in [4.69, 9.17) is 9.84 Å². The molecule has 0 aromatic heterocycles. The van der Waals surface area contributed by atoms with Crippen molar-refractivity contribution in [1.29, 1.82) is 0 Å². The van der Waals surface area contributed by atoms with Crippen molar-refractivity contribution >= 4 is 5.97 Å². The second kappa shape index (κ2) is 4.08. The third-order valence-corrected chi connectivity index (χ3v) is 2.46. The third-order valence-electron chi connectivity index (χ3n) is 2.46. The Kier molecular flexibility index (Phi) is 3.16. The van der Waals surface area contributed by atoms with Crippen LogP contribution in [-0.2, 0) is 10.2 Å². The Labute approximate surface area is 91.7 Å². The highest BCUT2D eigenvalue weighted by Crippen LogP contribution is 2.34. The number of methoxy groups -OCH3 is 1. The quantitative estimate of drug-likeness (QED) is 0.866. The first-order valence-electron chi connectivity index (χ1n) is 4.58. The standard InChI is InChI=1S/C11H12F2O3/c1-11(2,10(14)15)6-4-5-7(12)8(13)9(6)16-3/h4-5H,1-3H3,(H,14,15). The molecule has 0 saturated carbocycles. The number of carboxylic acid groups (broad SMARTS) is 1. The van der Waals surface area contributed by atoms with Crippen molar-refractivity contribution in [2.75, 3.05) is 7.11 Å². The van der Waals surface area contributed by atoms with E-state index in [1.54, 1.807) is 0 Å². The van der Waals surface area contributed by atoms with Crippen molar-refractivity contribution < 1.29 is 23.4 Å². The maximum Gasteiger partial charge on any atom is 0.313 e. The lowest BCUT2D eigenvalue weighted by atomic mass is 9.84. The molecule has 0 aliphatic rings. The van der Waals surface area contributed by atoms with Crippen LogP contribution in [0.4, 0.5) is 8.78 Å². The van der Waals surface area contributed by atoms with Crippen LogP contribution >= 0.6 is 0 Å². The van der Waals surface area contributed by atoms with Crippen LogP contribution < -0.4 is 4.74 Å². The highest BCUT2D eigenvalue weighted by atomic mass is 19.2. The molecule has 1 aromatic rings. The van der Waals surface area contributed by atoms with Gasteiger partial charge in [-0.05, 0) is 19.9 Å². The molecular weight excluding hydrogens is 218 g/mol. The Balaban J connectivity index is 3.46. The number of aliphatic carboxylic acids is 1. The lowest BCUT2D eigenvalue weighted by Crippen LogP contribution is -2.29. The van der Waals surface area contributed by atoms with Gasteiger partial charge in [0, 0.05) is 5.56 Å². The second-order valence-corrected chi connectivity index (χ2v) is 3.87. The first kappa shape index (κ1) is 12.4. The van der Waals surface area contributed by atoms with Crippen LogP contribution in [0.15, 0.2) is 12.1 Å². The molecule has 0 amide bonds. The van der Waals surface area contributed by atoms with Gasteiger partial charge in [-0.25, -0.2) is 4.39 Å². The Morgan fingerprint density at radius 3 is 2.38 bits per heavy atom. The number of carboxylic acids is 1. The Bertz CT molecular complexity index is 427. The number of rotatable bonds is 3. The molecule has 0 spiro atoms. The number of carbonyl (C=O) groups is 1. The summed E-state index contributed by atoms with van der Waals surface area (Å²) >= 11 is 0. The van der Waals surface area contributed by atoms with Gasteiger partial charge in [-0.15, -0.1) is 0 Å². The molecule has 1 rings (SSSR count). The molecule has 0 aliphatic carbocycles. The molecular formula is C11H12F2O3. The van der Waals surface area contributed by atoms with Crippen molar-refractivity contribution in [1.82, 2.24) is 0 Å². The molecule has 0 radical (unpaired) electrons. The number of benzene rings is 1. The van der Waals surface area contributed by atoms with Gasteiger partial charge in [-0.3, -0.25) is 4.79 Å². The van der Waals surface area contributed by atoms with Crippen LogP contribution in [0, 0.1) is 11.6 Å². The summed E-state index contributed by atoms with van der Waals surface area (Å²) in [6.45, 7) is 2.79. The smallest absolute Gasteiger partial charge is 0.313 e. The summed E-state index contributed by atoms with van der Waals surface area (Å²) in [4.78, 5) is 11.0. The van der Waals surface area contributed by atoms with Crippen molar-refractivity contribution in [3.05, 3.63) is 29.3 Å². The van der Waals surface area contributed by atoms with E-state index >= 15 is 0 Å². The zero-order chi connectivity index (χ0) is 12.5. The van der Waals surface area contributed by atoms with Crippen molar-refractivity contribution in [2.45, 2.75) is 19.3 Å². The Morgan fingerprint density at radius 1 is 1.38 bits per heavy atom. The molecule has 0 saturated heterocycles. The fourth-order valence-corrected chi connectivity index (χ4v) is 1.34. The molecule has 88 valence electrons. The first-order chi connectivity index (χ1) is 7.32. The maximum absolute atomic E-state index is 13.4. The Morgan fingerprint density at radius 2 is 1.94 bits per heavy atom. The molecule has 0 heterocycles. The molecule has 0 bridgehead atoms. The second-order valence-electron chi connectivity index (χ2n) is 3.87. The van der Waals surface area contributed by atoms with Gasteiger partial charge >= 0.3 is 5.97 Å². The van der Waals surface area contributed by atoms with Gasteiger partial charge in [0.05, 0.1) is 12.5 Å². The van der Waals surface area contributed by atoms with Gasteiger partial charge in [0.1, 0.15) is 0 Å². The van der Waals surface area contributed by atoms with Crippen LogP contribution in [0.5, 0.6) is 5.75 Å².